The Hall–Kier alpha value is -1.30. The summed E-state index contributed by atoms with van der Waals surface area (Å²) in [4.78, 5) is 0. The van der Waals surface area contributed by atoms with E-state index in [0.717, 1.165) is 11.1 Å². The molecule has 2 nitrogen and oxygen atoms in total. The highest BCUT2D eigenvalue weighted by Crippen LogP contribution is 2.29. The zero-order valence-corrected chi connectivity index (χ0v) is 12.7. The molecule has 5 heteroatoms. The molecule has 3 rings (SSSR count). The molecule has 0 saturated carbocycles. The average Bonchev–Trinajstić information content (AvgIpc) is 2.94. The molecule has 110 valence electrons. The van der Waals surface area contributed by atoms with E-state index in [4.69, 9.17) is 4.74 Å². The van der Waals surface area contributed by atoms with E-state index >= 15 is 0 Å². The lowest BCUT2D eigenvalue weighted by Gasteiger charge is -2.14. The van der Waals surface area contributed by atoms with Crippen molar-refractivity contribution in [3.63, 3.8) is 0 Å². The van der Waals surface area contributed by atoms with Gasteiger partial charge in [0.1, 0.15) is 11.6 Å². The first-order valence-electron chi connectivity index (χ1n) is 6.56. The van der Waals surface area contributed by atoms with Gasteiger partial charge in [-0.3, -0.25) is 0 Å². The number of rotatable bonds is 3. The first kappa shape index (κ1) is 14.6. The van der Waals surface area contributed by atoms with Crippen LogP contribution in [0.2, 0.25) is 0 Å². The zero-order chi connectivity index (χ0) is 15.0. The fourth-order valence-electron chi connectivity index (χ4n) is 2.47. The normalized spacial score (nSPS) is 15.0. The monoisotopic (exact) mass is 354 g/mol. The lowest BCUT2D eigenvalue weighted by Crippen LogP contribution is -2.07. The lowest BCUT2D eigenvalue weighted by molar-refractivity contribution is 0.134. The molecular weight excluding hydrogens is 342 g/mol. The molecule has 2 aromatic carbocycles. The molecule has 1 N–H and O–H groups in total. The highest BCUT2D eigenvalue weighted by Gasteiger charge is 2.19. The molecule has 1 atom stereocenters. The van der Waals surface area contributed by atoms with Crippen LogP contribution in [0.25, 0.3) is 0 Å². The molecule has 1 heterocycles. The van der Waals surface area contributed by atoms with E-state index in [1.54, 1.807) is 6.07 Å². The lowest BCUT2D eigenvalue weighted by atomic mass is 9.97. The van der Waals surface area contributed by atoms with Crippen molar-refractivity contribution >= 4 is 15.9 Å². The Morgan fingerprint density at radius 1 is 1.14 bits per heavy atom. The van der Waals surface area contributed by atoms with Crippen molar-refractivity contribution in [2.45, 2.75) is 25.7 Å². The Morgan fingerprint density at radius 3 is 2.71 bits per heavy atom. The van der Waals surface area contributed by atoms with Crippen molar-refractivity contribution in [2.75, 3.05) is 0 Å². The van der Waals surface area contributed by atoms with Gasteiger partial charge in [-0.15, -0.1) is 0 Å². The Kier molecular flexibility index (Phi) is 4.06. The summed E-state index contributed by atoms with van der Waals surface area (Å²) in [6.07, 6.45) is -1.08. The second-order valence-electron chi connectivity index (χ2n) is 5.06. The van der Waals surface area contributed by atoms with Gasteiger partial charge in [0.15, 0.2) is 0 Å². The quantitative estimate of drug-likeness (QED) is 0.843. The Labute approximate surface area is 129 Å². The molecule has 1 aliphatic heterocycles. The van der Waals surface area contributed by atoms with Crippen LogP contribution in [0.5, 0.6) is 0 Å². The van der Waals surface area contributed by atoms with E-state index < -0.39 is 17.7 Å². The van der Waals surface area contributed by atoms with Crippen LogP contribution >= 0.6 is 15.9 Å². The SMILES string of the molecule is OC(Cc1c(F)ccc(Br)c1F)c1ccc2c(c1)COC2. The number of aliphatic hydroxyl groups is 1. The van der Waals surface area contributed by atoms with Crippen molar-refractivity contribution in [2.24, 2.45) is 0 Å². The molecular formula is C16H13BrF2O2. The molecule has 1 aliphatic rings. The van der Waals surface area contributed by atoms with Gasteiger partial charge in [-0.05, 0) is 44.8 Å². The molecule has 1 unspecified atom stereocenters. The van der Waals surface area contributed by atoms with Crippen molar-refractivity contribution in [1.82, 2.24) is 0 Å². The number of benzene rings is 2. The van der Waals surface area contributed by atoms with Gasteiger partial charge in [0, 0.05) is 12.0 Å². The second kappa shape index (κ2) is 5.83. The summed E-state index contributed by atoms with van der Waals surface area (Å²) in [6.45, 7) is 1.08. The average molecular weight is 355 g/mol. The largest absolute Gasteiger partial charge is 0.388 e. The fraction of sp³-hybridized carbons (Fsp3) is 0.250. The first-order valence-corrected chi connectivity index (χ1v) is 7.35. The van der Waals surface area contributed by atoms with Crippen LogP contribution in [0, 0.1) is 11.6 Å². The maximum Gasteiger partial charge on any atom is 0.143 e. The van der Waals surface area contributed by atoms with E-state index in [2.05, 4.69) is 15.9 Å². The van der Waals surface area contributed by atoms with Gasteiger partial charge >= 0.3 is 0 Å². The predicted molar refractivity (Wildman–Crippen MR) is 77.7 cm³/mol. The van der Waals surface area contributed by atoms with Crippen molar-refractivity contribution in [3.05, 3.63) is 68.7 Å². The summed E-state index contributed by atoms with van der Waals surface area (Å²) in [7, 11) is 0. The molecule has 2 aromatic rings. The van der Waals surface area contributed by atoms with E-state index in [-0.39, 0.29) is 16.5 Å². The number of aliphatic hydroxyl groups excluding tert-OH is 1. The Morgan fingerprint density at radius 2 is 1.90 bits per heavy atom. The molecule has 0 radical (unpaired) electrons. The Bertz CT molecular complexity index is 688. The van der Waals surface area contributed by atoms with Crippen LogP contribution in [0.4, 0.5) is 8.78 Å². The fourth-order valence-corrected chi connectivity index (χ4v) is 2.84. The van der Waals surface area contributed by atoms with E-state index in [9.17, 15) is 13.9 Å². The molecule has 0 aromatic heterocycles. The highest BCUT2D eigenvalue weighted by molar-refractivity contribution is 9.10. The van der Waals surface area contributed by atoms with Crippen molar-refractivity contribution < 1.29 is 18.6 Å². The molecule has 0 amide bonds. The van der Waals surface area contributed by atoms with Gasteiger partial charge < -0.3 is 9.84 Å². The summed E-state index contributed by atoms with van der Waals surface area (Å²) in [5, 5.41) is 10.3. The highest BCUT2D eigenvalue weighted by atomic mass is 79.9. The van der Waals surface area contributed by atoms with Crippen molar-refractivity contribution in [3.8, 4) is 0 Å². The first-order chi connectivity index (χ1) is 10.1. The van der Waals surface area contributed by atoms with Gasteiger partial charge in [-0.25, -0.2) is 8.78 Å². The molecule has 0 bridgehead atoms. The maximum absolute atomic E-state index is 13.9. The van der Waals surface area contributed by atoms with Crippen LogP contribution in [-0.4, -0.2) is 5.11 Å². The van der Waals surface area contributed by atoms with Crippen LogP contribution in [0.1, 0.15) is 28.4 Å². The smallest absolute Gasteiger partial charge is 0.143 e. The molecule has 21 heavy (non-hydrogen) atoms. The topological polar surface area (TPSA) is 29.5 Å². The third-order valence-electron chi connectivity index (χ3n) is 3.67. The Balaban J connectivity index is 1.87. The van der Waals surface area contributed by atoms with E-state index in [0.29, 0.717) is 18.8 Å². The summed E-state index contributed by atoms with van der Waals surface area (Å²) < 4.78 is 33.2. The van der Waals surface area contributed by atoms with Crippen LogP contribution < -0.4 is 0 Å². The molecule has 0 aliphatic carbocycles. The second-order valence-corrected chi connectivity index (χ2v) is 5.92. The third kappa shape index (κ3) is 2.86. The zero-order valence-electron chi connectivity index (χ0n) is 11.1. The van der Waals surface area contributed by atoms with Crippen molar-refractivity contribution in [1.29, 1.82) is 0 Å². The van der Waals surface area contributed by atoms with E-state index in [1.165, 1.54) is 12.1 Å². The summed E-state index contributed by atoms with van der Waals surface area (Å²) in [6, 6.07) is 7.99. The minimum atomic E-state index is -0.964. The van der Waals surface area contributed by atoms with Crippen LogP contribution in [0.3, 0.4) is 0 Å². The number of hydrogen-bond donors (Lipinski definition) is 1. The van der Waals surface area contributed by atoms with E-state index in [1.807, 2.05) is 12.1 Å². The van der Waals surface area contributed by atoms with Gasteiger partial charge in [0.05, 0.1) is 23.8 Å². The third-order valence-corrected chi connectivity index (χ3v) is 4.28. The minimum Gasteiger partial charge on any atom is -0.388 e. The standard InChI is InChI=1S/C16H13BrF2O2/c17-13-3-4-14(18)12(16(13)19)6-15(20)9-1-2-10-7-21-8-11(10)5-9/h1-5,15,20H,6-8H2. The number of ether oxygens (including phenoxy) is 1. The van der Waals surface area contributed by atoms with Gasteiger partial charge in [-0.2, -0.15) is 0 Å². The van der Waals surface area contributed by atoms with Crippen LogP contribution in [0.15, 0.2) is 34.8 Å². The number of hydrogen-bond acceptors (Lipinski definition) is 2. The number of fused-ring (bicyclic) bond motifs is 1. The maximum atomic E-state index is 13.9. The molecule has 0 spiro atoms. The number of halogens is 3. The summed E-state index contributed by atoms with van der Waals surface area (Å²) in [5.74, 6) is -1.32. The van der Waals surface area contributed by atoms with Gasteiger partial charge in [0.2, 0.25) is 0 Å². The van der Waals surface area contributed by atoms with Gasteiger partial charge in [-0.1, -0.05) is 18.2 Å². The van der Waals surface area contributed by atoms with Crippen LogP contribution in [-0.2, 0) is 24.4 Å². The molecule has 0 fully saturated rings. The minimum absolute atomic E-state index is 0.114. The molecule has 0 saturated heterocycles. The summed E-state index contributed by atoms with van der Waals surface area (Å²) in [5.41, 5.74) is 2.62. The summed E-state index contributed by atoms with van der Waals surface area (Å²) >= 11 is 3.03. The van der Waals surface area contributed by atoms with Gasteiger partial charge in [0.25, 0.3) is 0 Å². The predicted octanol–water partition coefficient (Wildman–Crippen LogP) is 4.03.